The van der Waals surface area contributed by atoms with Crippen molar-refractivity contribution in [2.75, 3.05) is 0 Å². The Kier molecular flexibility index (Phi) is 7.24. The van der Waals surface area contributed by atoms with Crippen LogP contribution in [-0.4, -0.2) is 12.1 Å². The molecule has 176 valence electrons. The molecule has 0 heterocycles. The molecule has 0 spiro atoms. The van der Waals surface area contributed by atoms with Gasteiger partial charge in [-0.1, -0.05) is 65.5 Å². The third-order valence-corrected chi connectivity index (χ3v) is 10.2. The third-order valence-electron chi connectivity index (χ3n) is 10.2. The van der Waals surface area contributed by atoms with Crippen molar-refractivity contribution in [3.8, 4) is 0 Å². The molecule has 2 nitrogen and oxygen atoms in total. The van der Waals surface area contributed by atoms with Crippen LogP contribution in [-0.2, 0) is 9.53 Å². The second-order valence-electron chi connectivity index (χ2n) is 12.3. The maximum absolute atomic E-state index is 11.8. The Labute approximate surface area is 192 Å². The Morgan fingerprint density at radius 2 is 1.90 bits per heavy atom. The monoisotopic (exact) mass is 428 g/mol. The molecule has 0 N–H and O–H groups in total. The molecule has 4 rings (SSSR count). The van der Waals surface area contributed by atoms with Gasteiger partial charge in [0, 0.05) is 12.8 Å². The Morgan fingerprint density at radius 1 is 1.10 bits per heavy atom. The van der Waals surface area contributed by atoms with Gasteiger partial charge in [-0.05, 0) is 91.8 Å². The van der Waals surface area contributed by atoms with Crippen LogP contribution in [0.2, 0.25) is 0 Å². The van der Waals surface area contributed by atoms with Crippen LogP contribution in [0.5, 0.6) is 0 Å². The van der Waals surface area contributed by atoms with Crippen molar-refractivity contribution in [3.63, 3.8) is 0 Å². The maximum Gasteiger partial charge on any atom is 0.305 e. The van der Waals surface area contributed by atoms with E-state index < -0.39 is 0 Å². The minimum atomic E-state index is -0.0225. The van der Waals surface area contributed by atoms with E-state index in [9.17, 15) is 4.79 Å². The number of carbonyl (C=O) groups is 1. The molecule has 0 aromatic rings. The van der Waals surface area contributed by atoms with E-state index in [1.54, 1.807) is 5.57 Å². The molecule has 0 saturated heterocycles. The van der Waals surface area contributed by atoms with Gasteiger partial charge < -0.3 is 4.74 Å². The molecule has 4 aliphatic rings. The smallest absolute Gasteiger partial charge is 0.305 e. The summed E-state index contributed by atoms with van der Waals surface area (Å²) in [4.78, 5) is 11.8. The lowest BCUT2D eigenvalue weighted by Crippen LogP contribution is -2.47. The SMILES string of the molecule is CCC(=O)OC1CCC2C(=CCC3C2CCC2(C)C(C(C)CCCC(C)C)CCC32)C1. The van der Waals surface area contributed by atoms with Crippen LogP contribution in [0.1, 0.15) is 112 Å². The molecule has 31 heavy (non-hydrogen) atoms. The van der Waals surface area contributed by atoms with Gasteiger partial charge >= 0.3 is 5.97 Å². The standard InChI is InChI=1S/C29H48O2/c1-6-28(30)31-22-11-13-23-21(18-22)10-12-25-24(23)16-17-29(5)26(14-15-27(25)29)20(4)9-7-8-19(2)3/h10,19-20,22-27H,6-9,11-18H2,1-5H3. The van der Waals surface area contributed by atoms with Crippen molar-refractivity contribution in [3.05, 3.63) is 11.6 Å². The average Bonchev–Trinajstić information content (AvgIpc) is 3.10. The summed E-state index contributed by atoms with van der Waals surface area (Å²) in [6.45, 7) is 11.9. The predicted molar refractivity (Wildman–Crippen MR) is 129 cm³/mol. The van der Waals surface area contributed by atoms with Gasteiger partial charge in [0.2, 0.25) is 0 Å². The lowest BCUT2D eigenvalue weighted by Gasteiger charge is -2.54. The highest BCUT2D eigenvalue weighted by Gasteiger charge is 2.56. The summed E-state index contributed by atoms with van der Waals surface area (Å²) < 4.78 is 5.72. The van der Waals surface area contributed by atoms with E-state index in [1.165, 1.54) is 57.8 Å². The third kappa shape index (κ3) is 4.65. The fourth-order valence-electron chi connectivity index (χ4n) is 8.63. The lowest BCUT2D eigenvalue weighted by atomic mass is 9.51. The number of esters is 1. The van der Waals surface area contributed by atoms with E-state index in [4.69, 9.17) is 4.74 Å². The zero-order valence-electron chi connectivity index (χ0n) is 21.0. The highest BCUT2D eigenvalue weighted by molar-refractivity contribution is 5.69. The Morgan fingerprint density at radius 3 is 2.65 bits per heavy atom. The molecule has 0 amide bonds. The van der Waals surface area contributed by atoms with Gasteiger partial charge in [-0.25, -0.2) is 0 Å². The number of hydrogen-bond donors (Lipinski definition) is 0. The molecule has 8 atom stereocenters. The minimum Gasteiger partial charge on any atom is -0.462 e. The van der Waals surface area contributed by atoms with Gasteiger partial charge in [0.25, 0.3) is 0 Å². The van der Waals surface area contributed by atoms with Gasteiger partial charge in [-0.15, -0.1) is 0 Å². The quantitative estimate of drug-likeness (QED) is 0.304. The highest BCUT2D eigenvalue weighted by Crippen LogP contribution is 2.64. The van der Waals surface area contributed by atoms with Crippen molar-refractivity contribution in [1.29, 1.82) is 0 Å². The van der Waals surface area contributed by atoms with Crippen LogP contribution in [0.4, 0.5) is 0 Å². The molecule has 3 saturated carbocycles. The minimum absolute atomic E-state index is 0.0225. The first-order valence-corrected chi connectivity index (χ1v) is 13.7. The molecule has 0 aromatic carbocycles. The fraction of sp³-hybridized carbons (Fsp3) is 0.897. The second-order valence-corrected chi connectivity index (χ2v) is 12.3. The van der Waals surface area contributed by atoms with Crippen LogP contribution in [0.25, 0.3) is 0 Å². The summed E-state index contributed by atoms with van der Waals surface area (Å²) in [6, 6.07) is 0. The molecule has 8 unspecified atom stereocenters. The normalized spacial score (nSPS) is 40.5. The second kappa shape index (κ2) is 9.60. The van der Waals surface area contributed by atoms with Crippen LogP contribution in [0.15, 0.2) is 11.6 Å². The van der Waals surface area contributed by atoms with Gasteiger partial charge in [0.05, 0.1) is 0 Å². The summed E-state index contributed by atoms with van der Waals surface area (Å²) in [7, 11) is 0. The van der Waals surface area contributed by atoms with Crippen LogP contribution in [0.3, 0.4) is 0 Å². The van der Waals surface area contributed by atoms with E-state index in [-0.39, 0.29) is 12.1 Å². The van der Waals surface area contributed by atoms with Gasteiger partial charge in [0.15, 0.2) is 0 Å². The maximum atomic E-state index is 11.8. The van der Waals surface area contributed by atoms with Crippen molar-refractivity contribution >= 4 is 5.97 Å². The number of hydrogen-bond acceptors (Lipinski definition) is 2. The van der Waals surface area contributed by atoms with Crippen LogP contribution >= 0.6 is 0 Å². The zero-order valence-corrected chi connectivity index (χ0v) is 21.0. The van der Waals surface area contributed by atoms with E-state index in [2.05, 4.69) is 33.8 Å². The summed E-state index contributed by atoms with van der Waals surface area (Å²) in [5.74, 6) is 6.19. The van der Waals surface area contributed by atoms with E-state index in [1.807, 2.05) is 6.92 Å². The Hall–Kier alpha value is -0.790. The predicted octanol–water partition coefficient (Wildman–Crippen LogP) is 7.96. The van der Waals surface area contributed by atoms with Crippen LogP contribution < -0.4 is 0 Å². The average molecular weight is 429 g/mol. The molecule has 0 aliphatic heterocycles. The van der Waals surface area contributed by atoms with Gasteiger partial charge in [0.1, 0.15) is 6.10 Å². The molecule has 0 aromatic heterocycles. The van der Waals surface area contributed by atoms with Crippen LogP contribution in [0, 0.1) is 46.8 Å². The number of allylic oxidation sites excluding steroid dienone is 1. The summed E-state index contributed by atoms with van der Waals surface area (Å²) in [5, 5.41) is 0. The molecule has 4 aliphatic carbocycles. The topological polar surface area (TPSA) is 26.3 Å². The molecule has 0 radical (unpaired) electrons. The first-order chi connectivity index (χ1) is 14.8. The Bertz CT molecular complexity index is 664. The van der Waals surface area contributed by atoms with Crippen molar-refractivity contribution < 1.29 is 9.53 Å². The number of fused-ring (bicyclic) bond motifs is 5. The van der Waals surface area contributed by atoms with Crippen molar-refractivity contribution in [2.24, 2.45) is 46.8 Å². The molecule has 2 heteroatoms. The van der Waals surface area contributed by atoms with Crippen molar-refractivity contribution in [2.45, 2.75) is 118 Å². The zero-order chi connectivity index (χ0) is 22.2. The molecule has 3 fully saturated rings. The number of ether oxygens (including phenoxy) is 1. The fourth-order valence-corrected chi connectivity index (χ4v) is 8.63. The van der Waals surface area contributed by atoms with Gasteiger partial charge in [-0.2, -0.15) is 0 Å². The summed E-state index contributed by atoms with van der Waals surface area (Å²) in [5.41, 5.74) is 2.22. The Balaban J connectivity index is 1.41. The molecular weight excluding hydrogens is 380 g/mol. The molecular formula is C29H48O2. The molecule has 0 bridgehead atoms. The lowest BCUT2D eigenvalue weighted by molar-refractivity contribution is -0.150. The van der Waals surface area contributed by atoms with Crippen molar-refractivity contribution in [1.82, 2.24) is 0 Å². The number of carbonyl (C=O) groups excluding carboxylic acids is 1. The summed E-state index contributed by atoms with van der Waals surface area (Å²) >= 11 is 0. The van der Waals surface area contributed by atoms with E-state index in [0.717, 1.165) is 54.3 Å². The summed E-state index contributed by atoms with van der Waals surface area (Å²) in [6.07, 6.45) is 18.0. The first-order valence-electron chi connectivity index (χ1n) is 13.7. The van der Waals surface area contributed by atoms with E-state index >= 15 is 0 Å². The van der Waals surface area contributed by atoms with Gasteiger partial charge in [-0.3, -0.25) is 4.79 Å². The number of rotatable bonds is 7. The van der Waals surface area contributed by atoms with E-state index in [0.29, 0.717) is 11.8 Å². The largest absolute Gasteiger partial charge is 0.462 e. The highest BCUT2D eigenvalue weighted by atomic mass is 16.5. The first kappa shape index (κ1) is 23.4.